The highest BCUT2D eigenvalue weighted by molar-refractivity contribution is 5.90. The topological polar surface area (TPSA) is 52.9 Å². The molecule has 0 aromatic heterocycles. The van der Waals surface area contributed by atoms with Gasteiger partial charge in [0, 0.05) is 6.54 Å². The average molecular weight is 300 g/mol. The van der Waals surface area contributed by atoms with Crippen molar-refractivity contribution in [2.45, 2.75) is 13.0 Å². The molecule has 0 radical (unpaired) electrons. The van der Waals surface area contributed by atoms with Crippen LogP contribution < -0.4 is 5.32 Å². The summed E-state index contributed by atoms with van der Waals surface area (Å²) in [5.74, 6) is -0.0243. The molecule has 0 spiro atoms. The molecule has 0 atom stereocenters. The van der Waals surface area contributed by atoms with Crippen molar-refractivity contribution < 1.29 is 4.79 Å². The fourth-order valence-corrected chi connectivity index (χ4v) is 2.63. The molecule has 0 heterocycles. The molecule has 0 fully saturated rings. The van der Waals surface area contributed by atoms with Crippen molar-refractivity contribution in [1.29, 1.82) is 5.26 Å². The number of amides is 1. The third-order valence-corrected chi connectivity index (χ3v) is 3.78. The second kappa shape index (κ2) is 6.76. The largest absolute Gasteiger partial charge is 0.352 e. The van der Waals surface area contributed by atoms with Gasteiger partial charge in [0.2, 0.25) is 5.91 Å². The van der Waals surface area contributed by atoms with E-state index in [0.717, 1.165) is 21.9 Å². The van der Waals surface area contributed by atoms with E-state index >= 15 is 0 Å². The third kappa shape index (κ3) is 3.56. The van der Waals surface area contributed by atoms with E-state index in [1.807, 2.05) is 54.6 Å². The van der Waals surface area contributed by atoms with Crippen LogP contribution in [0.2, 0.25) is 0 Å². The summed E-state index contributed by atoms with van der Waals surface area (Å²) in [7, 11) is 0. The van der Waals surface area contributed by atoms with Crippen LogP contribution in [0.1, 0.15) is 16.7 Å². The Hall–Kier alpha value is -3.12. The summed E-state index contributed by atoms with van der Waals surface area (Å²) in [5, 5.41) is 14.1. The van der Waals surface area contributed by atoms with E-state index in [1.165, 1.54) is 0 Å². The van der Waals surface area contributed by atoms with Crippen LogP contribution in [0.5, 0.6) is 0 Å². The van der Waals surface area contributed by atoms with Gasteiger partial charge in [0.15, 0.2) is 0 Å². The highest BCUT2D eigenvalue weighted by atomic mass is 16.1. The number of nitrogens with one attached hydrogen (secondary N) is 1. The lowest BCUT2D eigenvalue weighted by Crippen LogP contribution is -2.24. The van der Waals surface area contributed by atoms with E-state index in [2.05, 4.69) is 11.4 Å². The molecule has 112 valence electrons. The minimum Gasteiger partial charge on any atom is -0.352 e. The van der Waals surface area contributed by atoms with Crippen molar-refractivity contribution in [2.75, 3.05) is 0 Å². The van der Waals surface area contributed by atoms with Crippen molar-refractivity contribution in [3.63, 3.8) is 0 Å². The van der Waals surface area contributed by atoms with E-state index in [0.29, 0.717) is 18.5 Å². The van der Waals surface area contributed by atoms with Crippen LogP contribution in [0.25, 0.3) is 10.8 Å². The lowest BCUT2D eigenvalue weighted by Gasteiger charge is -2.08. The zero-order chi connectivity index (χ0) is 16.1. The summed E-state index contributed by atoms with van der Waals surface area (Å²) in [6.07, 6.45) is 0.347. The van der Waals surface area contributed by atoms with Crippen molar-refractivity contribution in [1.82, 2.24) is 5.32 Å². The van der Waals surface area contributed by atoms with Crippen LogP contribution >= 0.6 is 0 Å². The van der Waals surface area contributed by atoms with Crippen LogP contribution in [-0.2, 0) is 17.8 Å². The monoisotopic (exact) mass is 300 g/mol. The first-order chi connectivity index (χ1) is 11.3. The molecule has 3 nitrogen and oxygen atoms in total. The Morgan fingerprint density at radius 3 is 2.65 bits per heavy atom. The van der Waals surface area contributed by atoms with Crippen molar-refractivity contribution in [3.8, 4) is 6.07 Å². The van der Waals surface area contributed by atoms with Crippen molar-refractivity contribution in [3.05, 3.63) is 83.4 Å². The van der Waals surface area contributed by atoms with Gasteiger partial charge in [-0.1, -0.05) is 54.6 Å². The molecule has 0 aliphatic carbocycles. The summed E-state index contributed by atoms with van der Waals surface area (Å²) in [5.41, 5.74) is 2.55. The number of fused-ring (bicyclic) bond motifs is 1. The van der Waals surface area contributed by atoms with Gasteiger partial charge in [-0.25, -0.2) is 0 Å². The fraction of sp³-hybridized carbons (Fsp3) is 0.100. The number of hydrogen-bond donors (Lipinski definition) is 1. The number of nitriles is 1. The molecule has 0 saturated heterocycles. The molecule has 1 N–H and O–H groups in total. The number of nitrogens with zero attached hydrogens (tertiary/aromatic N) is 1. The molecule has 0 aliphatic heterocycles. The predicted molar refractivity (Wildman–Crippen MR) is 90.7 cm³/mol. The van der Waals surface area contributed by atoms with Crippen LogP contribution in [0.4, 0.5) is 0 Å². The molecular weight excluding hydrogens is 284 g/mol. The molecule has 23 heavy (non-hydrogen) atoms. The smallest absolute Gasteiger partial charge is 0.224 e. The zero-order valence-electron chi connectivity index (χ0n) is 12.6. The first-order valence-electron chi connectivity index (χ1n) is 7.48. The predicted octanol–water partition coefficient (Wildman–Crippen LogP) is 3.57. The average Bonchev–Trinajstić information content (AvgIpc) is 2.60. The van der Waals surface area contributed by atoms with Gasteiger partial charge in [0.25, 0.3) is 0 Å². The normalized spacial score (nSPS) is 10.2. The number of carbonyl (C=O) groups is 1. The van der Waals surface area contributed by atoms with Crippen molar-refractivity contribution >= 4 is 16.7 Å². The van der Waals surface area contributed by atoms with E-state index in [-0.39, 0.29) is 5.91 Å². The minimum absolute atomic E-state index is 0.0243. The molecule has 0 aliphatic rings. The van der Waals surface area contributed by atoms with Gasteiger partial charge in [-0.05, 0) is 34.0 Å². The number of rotatable bonds is 4. The van der Waals surface area contributed by atoms with Crippen LogP contribution in [-0.4, -0.2) is 5.91 Å². The summed E-state index contributed by atoms with van der Waals surface area (Å²) in [4.78, 5) is 12.2. The maximum Gasteiger partial charge on any atom is 0.224 e. The highest BCUT2D eigenvalue weighted by Gasteiger charge is 2.07. The molecule has 0 unspecified atom stereocenters. The first-order valence-corrected chi connectivity index (χ1v) is 7.48. The Morgan fingerprint density at radius 1 is 1.00 bits per heavy atom. The van der Waals surface area contributed by atoms with Crippen LogP contribution in [0, 0.1) is 11.3 Å². The Bertz CT molecular complexity index is 888. The van der Waals surface area contributed by atoms with Gasteiger partial charge in [-0.15, -0.1) is 0 Å². The highest BCUT2D eigenvalue weighted by Crippen LogP contribution is 2.18. The molecule has 0 saturated carbocycles. The number of carbonyl (C=O) groups excluding carboxylic acids is 1. The van der Waals surface area contributed by atoms with Gasteiger partial charge in [0.1, 0.15) is 0 Å². The summed E-state index contributed by atoms with van der Waals surface area (Å²) < 4.78 is 0. The number of hydrogen-bond acceptors (Lipinski definition) is 2. The summed E-state index contributed by atoms with van der Waals surface area (Å²) in [6, 6.07) is 23.4. The SMILES string of the molecule is N#Cc1cccc(CNC(=O)Cc2cccc3ccccc23)c1. The van der Waals surface area contributed by atoms with Gasteiger partial charge in [0.05, 0.1) is 18.1 Å². The minimum atomic E-state index is -0.0243. The standard InChI is InChI=1S/C20H16N2O/c21-13-15-5-3-6-16(11-15)14-22-20(23)12-18-9-4-8-17-7-1-2-10-19(17)18/h1-11H,12,14H2,(H,22,23). The molecule has 0 bridgehead atoms. The van der Waals surface area contributed by atoms with Crippen LogP contribution in [0.15, 0.2) is 66.7 Å². The lowest BCUT2D eigenvalue weighted by atomic mass is 10.0. The van der Waals surface area contributed by atoms with E-state index < -0.39 is 0 Å². The maximum absolute atomic E-state index is 12.2. The van der Waals surface area contributed by atoms with E-state index in [1.54, 1.807) is 12.1 Å². The second-order valence-corrected chi connectivity index (χ2v) is 5.40. The van der Waals surface area contributed by atoms with Gasteiger partial charge in [-0.3, -0.25) is 4.79 Å². The van der Waals surface area contributed by atoms with Crippen LogP contribution in [0.3, 0.4) is 0 Å². The number of benzene rings is 3. The Balaban J connectivity index is 1.68. The van der Waals surface area contributed by atoms with Crippen molar-refractivity contribution in [2.24, 2.45) is 0 Å². The second-order valence-electron chi connectivity index (χ2n) is 5.40. The fourth-order valence-electron chi connectivity index (χ4n) is 2.63. The molecular formula is C20H16N2O. The quantitative estimate of drug-likeness (QED) is 0.801. The Kier molecular flexibility index (Phi) is 4.35. The molecule has 1 amide bonds. The molecule has 3 heteroatoms. The molecule has 3 aromatic rings. The molecule has 3 aromatic carbocycles. The maximum atomic E-state index is 12.2. The van der Waals surface area contributed by atoms with Gasteiger partial charge >= 0.3 is 0 Å². The molecule has 3 rings (SSSR count). The van der Waals surface area contributed by atoms with E-state index in [4.69, 9.17) is 5.26 Å². The Morgan fingerprint density at radius 2 is 1.78 bits per heavy atom. The summed E-state index contributed by atoms with van der Waals surface area (Å²) in [6.45, 7) is 0.430. The third-order valence-electron chi connectivity index (χ3n) is 3.78. The summed E-state index contributed by atoms with van der Waals surface area (Å²) >= 11 is 0. The lowest BCUT2D eigenvalue weighted by molar-refractivity contribution is -0.120. The van der Waals surface area contributed by atoms with Gasteiger partial charge < -0.3 is 5.32 Å². The first kappa shape index (κ1) is 14.8. The van der Waals surface area contributed by atoms with E-state index in [9.17, 15) is 4.79 Å². The zero-order valence-corrected chi connectivity index (χ0v) is 12.6. The Labute approximate surface area is 135 Å². The van der Waals surface area contributed by atoms with Gasteiger partial charge in [-0.2, -0.15) is 5.26 Å².